The van der Waals surface area contributed by atoms with Gasteiger partial charge in [0.05, 0.1) is 0 Å². The van der Waals surface area contributed by atoms with E-state index in [4.69, 9.17) is 5.73 Å². The minimum atomic E-state index is -3.31. The molecule has 0 aromatic rings. The summed E-state index contributed by atoms with van der Waals surface area (Å²) in [5.74, 6) is -0.285. The van der Waals surface area contributed by atoms with Gasteiger partial charge in [0, 0.05) is 39.0 Å². The lowest BCUT2D eigenvalue weighted by Gasteiger charge is -2.23. The van der Waals surface area contributed by atoms with Gasteiger partial charge in [-0.05, 0) is 19.9 Å². The molecule has 1 amide bonds. The maximum Gasteiger partial charge on any atom is 0.240 e. The van der Waals surface area contributed by atoms with Crippen molar-refractivity contribution >= 4 is 15.7 Å². The highest BCUT2D eigenvalue weighted by Gasteiger charge is 2.29. The van der Waals surface area contributed by atoms with Crippen LogP contribution < -0.4 is 5.73 Å². The summed E-state index contributed by atoms with van der Waals surface area (Å²) in [6.45, 7) is 5.77. The Bertz CT molecular complexity index is 383. The first-order valence-electron chi connectivity index (χ1n) is 6.26. The van der Waals surface area contributed by atoms with Crippen molar-refractivity contribution in [3.63, 3.8) is 0 Å². The molecule has 1 rings (SSSR count). The third-order valence-electron chi connectivity index (χ3n) is 3.34. The highest BCUT2D eigenvalue weighted by Crippen LogP contribution is 2.08. The molecule has 1 aliphatic rings. The van der Waals surface area contributed by atoms with Crippen LogP contribution in [0.5, 0.6) is 0 Å². The second-order valence-corrected chi connectivity index (χ2v) is 7.15. The molecular weight excluding hydrogens is 254 g/mol. The zero-order chi connectivity index (χ0) is 13.8. The van der Waals surface area contributed by atoms with Crippen LogP contribution in [0.2, 0.25) is 0 Å². The molecule has 106 valence electrons. The number of sulfone groups is 1. The van der Waals surface area contributed by atoms with Gasteiger partial charge >= 0.3 is 0 Å². The van der Waals surface area contributed by atoms with Crippen LogP contribution in [-0.2, 0) is 14.6 Å². The quantitative estimate of drug-likeness (QED) is 0.706. The van der Waals surface area contributed by atoms with Crippen molar-refractivity contribution in [2.45, 2.75) is 18.6 Å². The fourth-order valence-corrected chi connectivity index (χ4v) is 2.55. The largest absolute Gasteiger partial charge is 0.340 e. The Morgan fingerprint density at radius 1 is 1.28 bits per heavy atom. The molecule has 1 fully saturated rings. The second kappa shape index (κ2) is 6.49. The molecule has 0 aromatic carbocycles. The van der Waals surface area contributed by atoms with E-state index < -0.39 is 15.1 Å². The van der Waals surface area contributed by atoms with Crippen LogP contribution in [0.25, 0.3) is 0 Å². The van der Waals surface area contributed by atoms with Gasteiger partial charge in [-0.15, -0.1) is 0 Å². The van der Waals surface area contributed by atoms with Crippen LogP contribution in [0.4, 0.5) is 0 Å². The Morgan fingerprint density at radius 2 is 1.94 bits per heavy atom. The van der Waals surface area contributed by atoms with Crippen LogP contribution in [0.3, 0.4) is 0 Å². The summed E-state index contributed by atoms with van der Waals surface area (Å²) in [6, 6.07) is 0. The number of amides is 1. The number of carbonyl (C=O) groups is 1. The normalized spacial score (nSPS) is 20.5. The Morgan fingerprint density at radius 3 is 2.50 bits per heavy atom. The van der Waals surface area contributed by atoms with E-state index in [1.165, 1.54) is 6.92 Å². The number of carbonyl (C=O) groups excluding carboxylic acids is 1. The molecule has 1 aliphatic heterocycles. The molecule has 0 saturated carbocycles. The van der Waals surface area contributed by atoms with Gasteiger partial charge in [0.1, 0.15) is 5.25 Å². The molecule has 0 aliphatic carbocycles. The van der Waals surface area contributed by atoms with E-state index in [1.54, 1.807) is 4.90 Å². The number of rotatable bonds is 4. The lowest BCUT2D eigenvalue weighted by Crippen LogP contribution is -2.43. The van der Waals surface area contributed by atoms with Crippen molar-refractivity contribution < 1.29 is 13.2 Å². The third kappa shape index (κ3) is 4.22. The smallest absolute Gasteiger partial charge is 0.240 e. The molecule has 0 radical (unpaired) electrons. The first kappa shape index (κ1) is 15.4. The Labute approximate surface area is 109 Å². The standard InChI is InChI=1S/C11H23N3O3S/c1-10(18(2,16)17)11(15)14-6-3-5-13(7-4-12)8-9-14/h10H,3-9,12H2,1-2H3. The van der Waals surface area contributed by atoms with E-state index in [-0.39, 0.29) is 5.91 Å². The van der Waals surface area contributed by atoms with Gasteiger partial charge in [-0.2, -0.15) is 0 Å². The molecule has 7 heteroatoms. The highest BCUT2D eigenvalue weighted by atomic mass is 32.2. The monoisotopic (exact) mass is 277 g/mol. The summed E-state index contributed by atoms with van der Waals surface area (Å²) in [4.78, 5) is 15.9. The summed E-state index contributed by atoms with van der Waals surface area (Å²) in [6.07, 6.45) is 1.97. The molecule has 1 saturated heterocycles. The molecular formula is C11H23N3O3S. The summed E-state index contributed by atoms with van der Waals surface area (Å²) in [7, 11) is -3.31. The van der Waals surface area contributed by atoms with E-state index in [0.29, 0.717) is 19.6 Å². The maximum atomic E-state index is 12.1. The van der Waals surface area contributed by atoms with Crippen molar-refractivity contribution in [2.75, 3.05) is 45.5 Å². The molecule has 1 unspecified atom stereocenters. The topological polar surface area (TPSA) is 83.7 Å². The van der Waals surface area contributed by atoms with Gasteiger partial charge in [0.25, 0.3) is 0 Å². The molecule has 2 N–H and O–H groups in total. The zero-order valence-electron chi connectivity index (χ0n) is 11.1. The van der Waals surface area contributed by atoms with Gasteiger partial charge in [-0.3, -0.25) is 4.79 Å². The zero-order valence-corrected chi connectivity index (χ0v) is 11.9. The van der Waals surface area contributed by atoms with Crippen molar-refractivity contribution in [3.8, 4) is 0 Å². The van der Waals surface area contributed by atoms with Crippen LogP contribution in [-0.4, -0.2) is 74.9 Å². The first-order valence-corrected chi connectivity index (χ1v) is 8.21. The van der Waals surface area contributed by atoms with E-state index in [2.05, 4.69) is 4.90 Å². The van der Waals surface area contributed by atoms with Crippen molar-refractivity contribution in [3.05, 3.63) is 0 Å². The highest BCUT2D eigenvalue weighted by molar-refractivity contribution is 7.92. The van der Waals surface area contributed by atoms with Gasteiger partial charge in [-0.1, -0.05) is 0 Å². The predicted octanol–water partition coefficient (Wildman–Crippen LogP) is -1.09. The van der Waals surface area contributed by atoms with E-state index >= 15 is 0 Å². The molecule has 1 heterocycles. The molecule has 0 spiro atoms. The average molecular weight is 277 g/mol. The maximum absolute atomic E-state index is 12.1. The van der Waals surface area contributed by atoms with Crippen LogP contribution in [0.15, 0.2) is 0 Å². The van der Waals surface area contributed by atoms with Gasteiger partial charge < -0.3 is 15.5 Å². The second-order valence-electron chi connectivity index (χ2n) is 4.78. The lowest BCUT2D eigenvalue weighted by molar-refractivity contribution is -0.130. The predicted molar refractivity (Wildman–Crippen MR) is 71.0 cm³/mol. The number of hydrogen-bond donors (Lipinski definition) is 1. The first-order chi connectivity index (χ1) is 8.36. The van der Waals surface area contributed by atoms with Crippen LogP contribution in [0.1, 0.15) is 13.3 Å². The van der Waals surface area contributed by atoms with Crippen LogP contribution in [0, 0.1) is 0 Å². The van der Waals surface area contributed by atoms with Gasteiger partial charge in [0.15, 0.2) is 9.84 Å². The fraction of sp³-hybridized carbons (Fsp3) is 0.909. The van der Waals surface area contributed by atoms with Crippen molar-refractivity contribution in [2.24, 2.45) is 5.73 Å². The van der Waals surface area contributed by atoms with E-state index in [0.717, 1.165) is 32.3 Å². The number of hydrogen-bond acceptors (Lipinski definition) is 5. The SMILES string of the molecule is CC(C(=O)N1CCCN(CCN)CC1)S(C)(=O)=O. The average Bonchev–Trinajstić information content (AvgIpc) is 2.52. The lowest BCUT2D eigenvalue weighted by atomic mass is 10.3. The summed E-state index contributed by atoms with van der Waals surface area (Å²) >= 11 is 0. The van der Waals surface area contributed by atoms with Gasteiger partial charge in [-0.25, -0.2) is 8.42 Å². The Balaban J connectivity index is 2.60. The third-order valence-corrected chi connectivity index (χ3v) is 4.82. The van der Waals surface area contributed by atoms with E-state index in [9.17, 15) is 13.2 Å². The van der Waals surface area contributed by atoms with E-state index in [1.807, 2.05) is 0 Å². The van der Waals surface area contributed by atoms with Crippen molar-refractivity contribution in [1.29, 1.82) is 0 Å². The summed E-state index contributed by atoms with van der Waals surface area (Å²) < 4.78 is 22.8. The van der Waals surface area contributed by atoms with Gasteiger partial charge in [0.2, 0.25) is 5.91 Å². The minimum Gasteiger partial charge on any atom is -0.340 e. The molecule has 0 bridgehead atoms. The van der Waals surface area contributed by atoms with Crippen LogP contribution >= 0.6 is 0 Å². The Hall–Kier alpha value is -0.660. The molecule has 0 aromatic heterocycles. The summed E-state index contributed by atoms with van der Waals surface area (Å²) in [5, 5.41) is -0.946. The number of nitrogens with two attached hydrogens (primary N) is 1. The summed E-state index contributed by atoms with van der Waals surface area (Å²) in [5.41, 5.74) is 5.51. The molecule has 18 heavy (non-hydrogen) atoms. The fourth-order valence-electron chi connectivity index (χ4n) is 2.04. The molecule has 6 nitrogen and oxygen atoms in total. The molecule has 1 atom stereocenters. The van der Waals surface area contributed by atoms with Crippen molar-refractivity contribution in [1.82, 2.24) is 9.80 Å². The minimum absolute atomic E-state index is 0.285. The Kier molecular flexibility index (Phi) is 5.55. The number of nitrogens with zero attached hydrogens (tertiary/aromatic N) is 2.